The molecule has 2 bridgehead atoms. The molecular weight excluding hydrogens is 835 g/mol. The van der Waals surface area contributed by atoms with Crippen molar-refractivity contribution < 1.29 is 67.1 Å². The minimum Gasteiger partial charge on any atom is -0.460 e. The van der Waals surface area contributed by atoms with Crippen LogP contribution in [0.25, 0.3) is 0 Å². The van der Waals surface area contributed by atoms with E-state index in [0.717, 1.165) is 4.90 Å². The van der Waals surface area contributed by atoms with Crippen LogP contribution in [0.4, 0.5) is 0 Å². The number of aliphatic hydroxyl groups is 3. The molecule has 1 aliphatic carbocycles. The normalized spacial score (nSPS) is 41.3. The molecule has 4 rings (SSSR count). The monoisotopic (exact) mass is 917 g/mol. The summed E-state index contributed by atoms with van der Waals surface area (Å²) >= 11 is 0. The van der Waals surface area contributed by atoms with Gasteiger partial charge in [0.25, 0.3) is 11.7 Å². The molecule has 2 saturated heterocycles. The van der Waals surface area contributed by atoms with Gasteiger partial charge in [-0.25, -0.2) is 4.79 Å². The van der Waals surface area contributed by atoms with Gasteiger partial charge in [0.05, 0.1) is 28.5 Å². The van der Waals surface area contributed by atoms with Gasteiger partial charge in [-0.1, -0.05) is 71.1 Å². The fourth-order valence-electron chi connectivity index (χ4n) is 9.98. The van der Waals surface area contributed by atoms with Gasteiger partial charge in [-0.3, -0.25) is 19.2 Å². The van der Waals surface area contributed by atoms with Gasteiger partial charge in [0.2, 0.25) is 5.79 Å². The number of methoxy groups -OCH3 is 3. The molecule has 3 N–H and O–H groups in total. The van der Waals surface area contributed by atoms with E-state index in [-0.39, 0.29) is 67.7 Å². The Hall–Kier alpha value is -3.37. The van der Waals surface area contributed by atoms with Crippen LogP contribution in [-0.2, 0) is 47.7 Å². The molecule has 366 valence electrons. The van der Waals surface area contributed by atoms with Crippen LogP contribution in [-0.4, -0.2) is 132 Å². The number of ether oxygens (including phenoxy) is 5. The van der Waals surface area contributed by atoms with Crippen molar-refractivity contribution in [2.45, 2.75) is 180 Å². The van der Waals surface area contributed by atoms with Crippen LogP contribution in [0.5, 0.6) is 0 Å². The van der Waals surface area contributed by atoms with E-state index in [9.17, 15) is 39.3 Å². The fraction of sp³-hybridized carbons (Fsp3) is 0.745. The number of cyclic esters (lactones) is 1. The number of aliphatic hydroxyl groups excluding tert-OH is 2. The average Bonchev–Trinajstić information content (AvgIpc) is 3.28. The van der Waals surface area contributed by atoms with Crippen LogP contribution in [0.2, 0.25) is 0 Å². The molecule has 0 aromatic heterocycles. The summed E-state index contributed by atoms with van der Waals surface area (Å²) < 4.78 is 52.5. The lowest BCUT2D eigenvalue weighted by molar-refractivity contribution is -0.265. The SMILES string of the molecule is [2H]C([2H])([2H])O[C@H]1C[C@@H]2CC[C@@H](C)[C@@](O)(O2)C(=O)C(=O)N2CCCC[C@H]2C(=O)O[C@H]([C@H](C)C[C@@H]2CC[C@@H](O)[C@H](OC)C2)CC(=O)[C@H](C)/C=C(\C)[C@@H](O)[C@@H](OC)C(=O)[C@H](C)C[C@H](C)/C=C/C=C/C=C/1C. The molecule has 1 amide bonds. The van der Waals surface area contributed by atoms with Crippen molar-refractivity contribution in [3.63, 3.8) is 0 Å². The molecular formula is C51H79NO13. The topological polar surface area (TPSA) is 195 Å². The van der Waals surface area contributed by atoms with E-state index in [1.165, 1.54) is 7.11 Å². The molecule has 15 atom stereocenters. The van der Waals surface area contributed by atoms with E-state index >= 15 is 0 Å². The first-order valence-corrected chi connectivity index (χ1v) is 23.7. The summed E-state index contributed by atoms with van der Waals surface area (Å²) in [6, 6.07) is -1.21. The highest BCUT2D eigenvalue weighted by atomic mass is 16.6. The van der Waals surface area contributed by atoms with E-state index in [1.807, 2.05) is 19.9 Å². The first-order chi connectivity index (χ1) is 31.9. The Labute approximate surface area is 391 Å². The minimum atomic E-state index is -2.80. The lowest BCUT2D eigenvalue weighted by atomic mass is 9.78. The molecule has 0 radical (unpaired) electrons. The Morgan fingerprint density at radius 1 is 0.892 bits per heavy atom. The number of piperidine rings is 1. The second kappa shape index (κ2) is 25.1. The quantitative estimate of drug-likeness (QED) is 0.155. The second-order valence-electron chi connectivity index (χ2n) is 19.5. The van der Waals surface area contributed by atoms with Gasteiger partial charge in [0.1, 0.15) is 30.1 Å². The molecule has 0 aromatic carbocycles. The molecule has 65 heavy (non-hydrogen) atoms. The van der Waals surface area contributed by atoms with Crippen molar-refractivity contribution in [2.75, 3.05) is 27.8 Å². The van der Waals surface area contributed by atoms with Gasteiger partial charge in [-0.15, -0.1) is 0 Å². The zero-order chi connectivity index (χ0) is 50.7. The number of carbonyl (C=O) groups excluding carboxylic acids is 5. The Bertz CT molecular complexity index is 1870. The van der Waals surface area contributed by atoms with Crippen LogP contribution in [0.3, 0.4) is 0 Å². The number of ketones is 3. The summed E-state index contributed by atoms with van der Waals surface area (Å²) in [7, 11) is 0.102. The van der Waals surface area contributed by atoms with E-state index in [2.05, 4.69) is 0 Å². The number of hydrogen-bond acceptors (Lipinski definition) is 13. The number of amides is 1. The Balaban J connectivity index is 1.73. The summed E-state index contributed by atoms with van der Waals surface area (Å²) in [6.45, 7) is 12.2. The maximum Gasteiger partial charge on any atom is 0.329 e. The Morgan fingerprint density at radius 2 is 1.63 bits per heavy atom. The number of fused-ring (bicyclic) bond motifs is 3. The minimum absolute atomic E-state index is 0.0213. The third-order valence-corrected chi connectivity index (χ3v) is 14.3. The van der Waals surface area contributed by atoms with Crippen LogP contribution in [0.1, 0.15) is 130 Å². The summed E-state index contributed by atoms with van der Waals surface area (Å²) in [4.78, 5) is 71.9. The predicted molar refractivity (Wildman–Crippen MR) is 245 cm³/mol. The average molecular weight is 917 g/mol. The Kier molecular flexibility index (Phi) is 19.1. The summed E-state index contributed by atoms with van der Waals surface area (Å²) in [5.41, 5.74) is 0.882. The molecule has 4 aliphatic rings. The molecule has 3 heterocycles. The lowest BCUT2D eigenvalue weighted by Crippen LogP contribution is -2.61. The zero-order valence-electron chi connectivity index (χ0n) is 43.1. The van der Waals surface area contributed by atoms with E-state index < -0.39 is 90.9 Å². The Morgan fingerprint density at radius 3 is 2.32 bits per heavy atom. The molecule has 3 fully saturated rings. The molecule has 0 spiro atoms. The first kappa shape index (κ1) is 49.5. The van der Waals surface area contributed by atoms with Crippen molar-refractivity contribution >= 4 is 29.2 Å². The molecule has 0 aromatic rings. The lowest BCUT2D eigenvalue weighted by Gasteiger charge is -2.42. The number of carbonyl (C=O) groups is 5. The highest BCUT2D eigenvalue weighted by Gasteiger charge is 2.53. The summed E-state index contributed by atoms with van der Waals surface area (Å²) in [5, 5.41) is 33.9. The van der Waals surface area contributed by atoms with Gasteiger partial charge < -0.3 is 43.9 Å². The van der Waals surface area contributed by atoms with Gasteiger partial charge in [-0.05, 0) is 107 Å². The number of esters is 1. The summed E-state index contributed by atoms with van der Waals surface area (Å²) in [6.07, 6.45) is 8.32. The van der Waals surface area contributed by atoms with Crippen LogP contribution < -0.4 is 0 Å². The second-order valence-corrected chi connectivity index (χ2v) is 19.5. The summed E-state index contributed by atoms with van der Waals surface area (Å²) in [5.74, 6) is -8.82. The number of nitrogens with zero attached hydrogens (tertiary/aromatic N) is 1. The molecule has 14 nitrogen and oxygen atoms in total. The third kappa shape index (κ3) is 14.3. The van der Waals surface area contributed by atoms with Gasteiger partial charge >= 0.3 is 5.97 Å². The maximum absolute atomic E-state index is 14.4. The molecule has 14 heteroatoms. The third-order valence-electron chi connectivity index (χ3n) is 14.3. The number of allylic oxidation sites excluding steroid dienone is 6. The van der Waals surface area contributed by atoms with E-state index in [4.69, 9.17) is 27.8 Å². The van der Waals surface area contributed by atoms with Gasteiger partial charge in [0, 0.05) is 58.4 Å². The highest BCUT2D eigenvalue weighted by molar-refractivity contribution is 6.39. The highest BCUT2D eigenvalue weighted by Crippen LogP contribution is 2.38. The smallest absolute Gasteiger partial charge is 0.329 e. The van der Waals surface area contributed by atoms with Crippen molar-refractivity contribution in [3.05, 3.63) is 47.6 Å². The number of hydrogen-bond donors (Lipinski definition) is 3. The van der Waals surface area contributed by atoms with Crippen LogP contribution in [0.15, 0.2) is 47.6 Å². The van der Waals surface area contributed by atoms with Crippen LogP contribution in [0, 0.1) is 35.5 Å². The van der Waals surface area contributed by atoms with E-state index in [1.54, 1.807) is 72.1 Å². The maximum atomic E-state index is 14.4. The molecule has 3 aliphatic heterocycles. The largest absolute Gasteiger partial charge is 0.460 e. The number of rotatable bonds is 6. The van der Waals surface area contributed by atoms with Crippen molar-refractivity contribution in [3.8, 4) is 0 Å². The fourth-order valence-corrected chi connectivity index (χ4v) is 9.98. The van der Waals surface area contributed by atoms with Gasteiger partial charge in [-0.2, -0.15) is 0 Å². The van der Waals surface area contributed by atoms with Crippen LogP contribution >= 0.6 is 0 Å². The first-order valence-electron chi connectivity index (χ1n) is 25.2. The van der Waals surface area contributed by atoms with Crippen molar-refractivity contribution in [2.24, 2.45) is 35.5 Å². The molecule has 0 unspecified atom stereocenters. The zero-order valence-corrected chi connectivity index (χ0v) is 40.1. The standard InChI is InChI=1S/C51H79NO13/c1-30-16-12-11-13-17-31(2)42(61-8)28-38-21-19-36(7)51(60,65-38)48(57)49(58)52-23-15-14-18-39(52)50(59)64-43(33(4)26-37-20-22-40(53)44(27-37)62-9)29-41(54)32(3)25-35(6)46(56)47(63-10)45(55)34(5)24-30/h11-13,16-17,25,30,32-34,36-40,42-44,46-47,53,56,60H,14-15,18-24,26-29H2,1-10H3/b13-11+,16-12+,31-17+,35-25+/t30-,32-,33-,34-,36-,37+,38+,39+,40-,42+,43+,44-,46-,47+,51-/m1/s1/i8D3. The van der Waals surface area contributed by atoms with E-state index in [0.29, 0.717) is 62.5 Å². The van der Waals surface area contributed by atoms with Crippen molar-refractivity contribution in [1.82, 2.24) is 4.90 Å². The van der Waals surface area contributed by atoms with Gasteiger partial charge in [0.15, 0.2) is 5.78 Å². The number of Topliss-reactive ketones (excluding diaryl/α,β-unsaturated/α-hetero) is 3. The predicted octanol–water partition coefficient (Wildman–Crippen LogP) is 6.18. The molecule has 1 saturated carbocycles. The van der Waals surface area contributed by atoms with Crippen molar-refractivity contribution in [1.29, 1.82) is 0 Å².